The van der Waals surface area contributed by atoms with Gasteiger partial charge in [-0.3, -0.25) is 19.4 Å². The van der Waals surface area contributed by atoms with E-state index in [1.807, 2.05) is 6.07 Å². The summed E-state index contributed by atoms with van der Waals surface area (Å²) >= 11 is 3.34. The number of quaternary nitrogens is 1. The average molecular weight is 521 g/mol. The van der Waals surface area contributed by atoms with Crippen LogP contribution in [0.4, 0.5) is 17.1 Å². The van der Waals surface area contributed by atoms with E-state index in [0.29, 0.717) is 11.3 Å². The number of halogens is 1. The third-order valence-electron chi connectivity index (χ3n) is 5.78. The summed E-state index contributed by atoms with van der Waals surface area (Å²) in [6, 6.07) is 20.0. The van der Waals surface area contributed by atoms with E-state index in [1.54, 1.807) is 48.5 Å². The van der Waals surface area contributed by atoms with Gasteiger partial charge in [0.05, 0.1) is 11.4 Å². The molecule has 0 radical (unpaired) electrons. The second-order valence-corrected chi connectivity index (χ2v) is 8.70. The molecule has 9 nitrogen and oxygen atoms in total. The molecule has 2 N–H and O–H groups in total. The van der Waals surface area contributed by atoms with Gasteiger partial charge in [0.1, 0.15) is 17.7 Å². The van der Waals surface area contributed by atoms with Crippen molar-refractivity contribution in [2.24, 2.45) is 11.0 Å². The van der Waals surface area contributed by atoms with Crippen molar-refractivity contribution in [3.8, 4) is 0 Å². The van der Waals surface area contributed by atoms with Crippen molar-refractivity contribution in [1.29, 1.82) is 0 Å². The number of hydrazone groups is 1. The van der Waals surface area contributed by atoms with Gasteiger partial charge in [0.2, 0.25) is 11.7 Å². The summed E-state index contributed by atoms with van der Waals surface area (Å²) < 4.78 is 0.796. The van der Waals surface area contributed by atoms with Crippen LogP contribution >= 0.6 is 15.9 Å². The van der Waals surface area contributed by atoms with E-state index in [4.69, 9.17) is 5.21 Å². The number of amides is 2. The van der Waals surface area contributed by atoms with Crippen molar-refractivity contribution in [1.82, 2.24) is 0 Å². The molecule has 0 saturated carbocycles. The second kappa shape index (κ2) is 8.58. The Hall–Kier alpha value is -3.70. The van der Waals surface area contributed by atoms with Crippen LogP contribution in [-0.4, -0.2) is 34.6 Å². The highest BCUT2D eigenvalue weighted by atomic mass is 79.9. The molecule has 3 unspecified atom stereocenters. The molecule has 1 fully saturated rings. The molecule has 2 heterocycles. The molecule has 1 saturated heterocycles. The SMILES string of the molecule is O=C(C1=NN(c2ccccc2)C2C(=O)N(c3ccc([NH+]([O-])O)cc3)C(=O)C12)c1ccc(Br)cc1. The molecular weight excluding hydrogens is 504 g/mol. The summed E-state index contributed by atoms with van der Waals surface area (Å²) in [6.45, 7) is 0. The molecular formula is C24H17BrN4O5. The van der Waals surface area contributed by atoms with Crippen molar-refractivity contribution in [3.63, 3.8) is 0 Å². The van der Waals surface area contributed by atoms with Crippen LogP contribution in [0.5, 0.6) is 0 Å². The number of hydrogen-bond donors (Lipinski definition) is 2. The molecule has 0 spiro atoms. The van der Waals surface area contributed by atoms with Crippen molar-refractivity contribution in [2.75, 3.05) is 9.91 Å². The molecule has 2 amide bonds. The number of para-hydroxylation sites is 1. The number of nitrogens with one attached hydrogen (secondary N) is 1. The number of rotatable bonds is 5. The van der Waals surface area contributed by atoms with Gasteiger partial charge in [-0.2, -0.15) is 10.3 Å². The molecule has 2 aliphatic rings. The molecule has 2 aliphatic heterocycles. The highest BCUT2D eigenvalue weighted by Crippen LogP contribution is 2.38. The van der Waals surface area contributed by atoms with Crippen LogP contribution in [0, 0.1) is 11.1 Å². The number of benzene rings is 3. The first-order chi connectivity index (χ1) is 16.4. The Kier molecular flexibility index (Phi) is 5.58. The van der Waals surface area contributed by atoms with E-state index in [1.165, 1.54) is 29.3 Å². The van der Waals surface area contributed by atoms with E-state index >= 15 is 0 Å². The van der Waals surface area contributed by atoms with E-state index in [0.717, 1.165) is 9.37 Å². The fourth-order valence-corrected chi connectivity index (χ4v) is 4.42. The van der Waals surface area contributed by atoms with Crippen molar-refractivity contribution >= 4 is 56.3 Å². The fraction of sp³-hybridized carbons (Fsp3) is 0.0833. The van der Waals surface area contributed by atoms with Gasteiger partial charge in [0, 0.05) is 22.2 Å². The van der Waals surface area contributed by atoms with E-state index < -0.39 is 34.8 Å². The third-order valence-corrected chi connectivity index (χ3v) is 6.31. The maximum atomic E-state index is 13.5. The summed E-state index contributed by atoms with van der Waals surface area (Å²) in [5, 5.41) is 25.1. The molecule has 3 aromatic carbocycles. The molecule has 170 valence electrons. The number of hydrogen-bond acceptors (Lipinski definition) is 7. The lowest BCUT2D eigenvalue weighted by Crippen LogP contribution is -2.99. The van der Waals surface area contributed by atoms with Gasteiger partial charge in [-0.15, -0.1) is 0 Å². The number of imide groups is 1. The summed E-state index contributed by atoms with van der Waals surface area (Å²) in [5.74, 6) is -2.65. The number of ketones is 1. The highest BCUT2D eigenvalue weighted by molar-refractivity contribution is 9.10. The zero-order chi connectivity index (χ0) is 24.0. The van der Waals surface area contributed by atoms with Gasteiger partial charge in [-0.25, -0.2) is 10.1 Å². The van der Waals surface area contributed by atoms with E-state index in [-0.39, 0.29) is 17.1 Å². The van der Waals surface area contributed by atoms with Crippen molar-refractivity contribution < 1.29 is 24.8 Å². The Bertz CT molecular complexity index is 1310. The normalized spacial score (nSPS) is 20.4. The van der Waals surface area contributed by atoms with Crippen LogP contribution in [0.15, 0.2) is 88.4 Å². The minimum atomic E-state index is -1.12. The summed E-state index contributed by atoms with van der Waals surface area (Å²) in [7, 11) is 0. The molecule has 34 heavy (non-hydrogen) atoms. The lowest BCUT2D eigenvalue weighted by atomic mass is 9.92. The standard InChI is InChI=1S/C24H17BrN4O5/c25-15-8-6-14(7-9-15)22(30)20-19-21(28(26-20)17-4-2-1-3-5-17)24(32)27(23(19)31)16-10-12-18(13-11-16)29(33)34/h1-13,19,21,29,33H. The third kappa shape index (κ3) is 3.62. The molecule has 3 aromatic rings. The average Bonchev–Trinajstić information content (AvgIpc) is 3.36. The Morgan fingerprint density at radius 2 is 1.56 bits per heavy atom. The smallest absolute Gasteiger partial charge is 0.259 e. The molecule has 3 atom stereocenters. The number of fused-ring (bicyclic) bond motifs is 1. The maximum Gasteiger partial charge on any atom is 0.259 e. The number of carbonyl (C=O) groups is 3. The van der Waals surface area contributed by atoms with Crippen LogP contribution in [0.25, 0.3) is 0 Å². The number of anilines is 2. The van der Waals surface area contributed by atoms with Gasteiger partial charge in [0.25, 0.3) is 5.91 Å². The molecule has 10 heteroatoms. The minimum absolute atomic E-state index is 0.0146. The van der Waals surface area contributed by atoms with Gasteiger partial charge in [-0.05, 0) is 48.5 Å². The van der Waals surface area contributed by atoms with Gasteiger partial charge in [0.15, 0.2) is 5.69 Å². The topological polar surface area (TPSA) is 118 Å². The largest absolute Gasteiger partial charge is 0.595 e. The molecule has 0 aromatic heterocycles. The zero-order valence-corrected chi connectivity index (χ0v) is 19.0. The summed E-state index contributed by atoms with van der Waals surface area (Å²) in [5.41, 5.74) is 1.17. The Balaban J connectivity index is 1.57. The van der Waals surface area contributed by atoms with E-state index in [2.05, 4.69) is 21.0 Å². The quantitative estimate of drug-likeness (QED) is 0.303. The number of Topliss-reactive ketones (excluding diaryl/α,β-unsaturated/α-hetero) is 1. The van der Waals surface area contributed by atoms with Crippen LogP contribution in [0.1, 0.15) is 10.4 Å². The Morgan fingerprint density at radius 3 is 2.18 bits per heavy atom. The second-order valence-electron chi connectivity index (χ2n) is 7.79. The first-order valence-corrected chi connectivity index (χ1v) is 11.1. The van der Waals surface area contributed by atoms with Gasteiger partial charge in [-0.1, -0.05) is 34.1 Å². The van der Waals surface area contributed by atoms with Crippen LogP contribution in [0.3, 0.4) is 0 Å². The monoisotopic (exact) mass is 520 g/mol. The van der Waals surface area contributed by atoms with Crippen molar-refractivity contribution in [3.05, 3.63) is 94.1 Å². The minimum Gasteiger partial charge on any atom is -0.595 e. The van der Waals surface area contributed by atoms with Gasteiger partial charge >= 0.3 is 0 Å². The molecule has 5 rings (SSSR count). The van der Waals surface area contributed by atoms with Crippen molar-refractivity contribution in [2.45, 2.75) is 6.04 Å². The zero-order valence-electron chi connectivity index (χ0n) is 17.5. The predicted octanol–water partition coefficient (Wildman–Crippen LogP) is 2.47. The van der Waals surface area contributed by atoms with Crippen LogP contribution in [0.2, 0.25) is 0 Å². The Morgan fingerprint density at radius 1 is 0.912 bits per heavy atom. The molecule has 0 bridgehead atoms. The lowest BCUT2D eigenvalue weighted by molar-refractivity contribution is -0.991. The van der Waals surface area contributed by atoms with Crippen LogP contribution in [-0.2, 0) is 9.59 Å². The first kappa shape index (κ1) is 22.1. The number of carbonyl (C=O) groups excluding carboxylic acids is 3. The van der Waals surface area contributed by atoms with Gasteiger partial charge < -0.3 is 5.21 Å². The van der Waals surface area contributed by atoms with Crippen LogP contribution < -0.4 is 15.1 Å². The lowest BCUT2D eigenvalue weighted by Gasteiger charge is -2.22. The summed E-state index contributed by atoms with van der Waals surface area (Å²) in [6.07, 6.45) is 0. The number of nitrogens with zero attached hydrogens (tertiary/aromatic N) is 3. The summed E-state index contributed by atoms with van der Waals surface area (Å²) in [4.78, 5) is 41.4. The molecule has 0 aliphatic carbocycles. The van der Waals surface area contributed by atoms with E-state index in [9.17, 15) is 19.6 Å². The fourth-order valence-electron chi connectivity index (χ4n) is 4.15. The maximum absolute atomic E-state index is 13.5. The first-order valence-electron chi connectivity index (χ1n) is 10.3. The predicted molar refractivity (Wildman–Crippen MR) is 127 cm³/mol. The Labute approximate surface area is 202 Å². The highest BCUT2D eigenvalue weighted by Gasteiger charge is 2.58.